The molecule has 1 aliphatic heterocycles. The van der Waals surface area contributed by atoms with Crippen molar-refractivity contribution in [3.63, 3.8) is 0 Å². The number of ether oxygens (including phenoxy) is 2. The first-order valence-corrected chi connectivity index (χ1v) is 13.8. The molecule has 1 unspecified atom stereocenters. The molecule has 7 nitrogen and oxygen atoms in total. The summed E-state index contributed by atoms with van der Waals surface area (Å²) in [6.07, 6.45) is 3.33. The van der Waals surface area contributed by atoms with Crippen LogP contribution in [0.1, 0.15) is 74.7 Å². The normalized spacial score (nSPS) is 14.6. The van der Waals surface area contributed by atoms with Gasteiger partial charge in [0.2, 0.25) is 5.91 Å². The number of nitrogens with zero attached hydrogens (tertiary/aromatic N) is 1. The Bertz CT molecular complexity index is 900. The van der Waals surface area contributed by atoms with Crippen LogP contribution in [0.3, 0.4) is 0 Å². The van der Waals surface area contributed by atoms with Gasteiger partial charge in [0.15, 0.2) is 5.13 Å². The first kappa shape index (κ1) is 31.6. The Morgan fingerprint density at radius 3 is 2.31 bits per heavy atom. The van der Waals surface area contributed by atoms with E-state index in [0.717, 1.165) is 30.4 Å². The van der Waals surface area contributed by atoms with E-state index in [1.54, 1.807) is 20.8 Å². The third-order valence-corrected chi connectivity index (χ3v) is 6.41. The second-order valence-electron chi connectivity index (χ2n) is 9.87. The van der Waals surface area contributed by atoms with E-state index in [0.29, 0.717) is 10.5 Å². The molecular weight excluding hydrogens is 474 g/mol. The number of carbonyl (C=O) groups is 2. The Hall–Kier alpha value is -2.45. The highest BCUT2D eigenvalue weighted by Gasteiger charge is 2.37. The van der Waals surface area contributed by atoms with E-state index in [1.165, 1.54) is 30.6 Å². The minimum atomic E-state index is -0.628. The molecule has 0 aliphatic carbocycles. The lowest BCUT2D eigenvalue weighted by Crippen LogP contribution is -2.43. The van der Waals surface area contributed by atoms with Crippen LogP contribution in [-0.4, -0.2) is 42.3 Å². The van der Waals surface area contributed by atoms with Crippen molar-refractivity contribution < 1.29 is 19.1 Å². The highest BCUT2D eigenvalue weighted by atomic mass is 32.1. The van der Waals surface area contributed by atoms with Gasteiger partial charge in [-0.25, -0.2) is 9.78 Å². The lowest BCUT2D eigenvalue weighted by Gasteiger charge is -2.42. The summed E-state index contributed by atoms with van der Waals surface area (Å²) >= 11 is 1.33. The van der Waals surface area contributed by atoms with Gasteiger partial charge in [-0.05, 0) is 39.5 Å². The molecule has 0 radical (unpaired) electrons. The van der Waals surface area contributed by atoms with Crippen LogP contribution in [0.25, 0.3) is 11.3 Å². The molecule has 1 saturated heterocycles. The molecule has 0 bridgehead atoms. The van der Waals surface area contributed by atoms with E-state index in [1.807, 2.05) is 49.6 Å². The molecule has 2 N–H and O–H groups in total. The number of aromatic nitrogens is 1. The monoisotopic (exact) mass is 519 g/mol. The van der Waals surface area contributed by atoms with Gasteiger partial charge in [0.1, 0.15) is 12.1 Å². The van der Waals surface area contributed by atoms with Crippen molar-refractivity contribution in [1.82, 2.24) is 10.3 Å². The van der Waals surface area contributed by atoms with E-state index in [4.69, 9.17) is 9.47 Å². The molecule has 0 saturated carbocycles. The lowest BCUT2D eigenvalue weighted by molar-refractivity contribution is -0.125. The number of benzene rings is 1. The molecule has 8 heteroatoms. The third-order valence-electron chi connectivity index (χ3n) is 5.66. The maximum atomic E-state index is 11.8. The van der Waals surface area contributed by atoms with Crippen molar-refractivity contribution in [3.8, 4) is 11.3 Å². The molecule has 0 spiro atoms. The van der Waals surface area contributed by atoms with Crippen LogP contribution < -0.4 is 10.6 Å². The van der Waals surface area contributed by atoms with Crippen molar-refractivity contribution in [2.24, 2.45) is 11.3 Å². The largest absolute Gasteiger partial charge is 0.444 e. The molecule has 202 valence electrons. The second-order valence-corrected chi connectivity index (χ2v) is 10.7. The standard InChI is InChI=1S/C16H19N3O3S.C10H20O.C2H6/c1-16(2,3)22-15(21)17-9-13(20)19-14-18-12(10-23-14)11-7-5-4-6-8-11;1-4-9(3)6-10(5-2)7-11-8-10;1-2/h4-8,10H,9H2,1-3H3,(H,17,21)(H,18,19,20);9H,4-8H2,1-3H3;1-2H3. The van der Waals surface area contributed by atoms with Gasteiger partial charge in [-0.15, -0.1) is 11.3 Å². The molecular formula is C28H45N3O4S. The number of hydrogen-bond acceptors (Lipinski definition) is 6. The highest BCUT2D eigenvalue weighted by Crippen LogP contribution is 2.38. The summed E-state index contributed by atoms with van der Waals surface area (Å²) in [5.41, 5.74) is 1.75. The summed E-state index contributed by atoms with van der Waals surface area (Å²) in [6, 6.07) is 9.69. The minimum absolute atomic E-state index is 0.171. The number of amides is 2. The number of rotatable bonds is 8. The van der Waals surface area contributed by atoms with Crippen LogP contribution in [0, 0.1) is 11.3 Å². The number of alkyl carbamates (subject to hydrolysis) is 1. The average molecular weight is 520 g/mol. The first-order chi connectivity index (χ1) is 17.1. The Balaban J connectivity index is 0.000000417. The Kier molecular flexibility index (Phi) is 13.7. The van der Waals surface area contributed by atoms with E-state index >= 15 is 0 Å². The summed E-state index contributed by atoms with van der Waals surface area (Å²) in [5, 5.41) is 7.40. The quantitative estimate of drug-likeness (QED) is 0.387. The highest BCUT2D eigenvalue weighted by molar-refractivity contribution is 7.14. The molecule has 1 aromatic carbocycles. The summed E-state index contributed by atoms with van der Waals surface area (Å²) in [6.45, 7) is 18.0. The van der Waals surface area contributed by atoms with Gasteiger partial charge in [0.25, 0.3) is 0 Å². The molecule has 1 fully saturated rings. The zero-order valence-corrected chi connectivity index (χ0v) is 24.1. The maximum Gasteiger partial charge on any atom is 0.408 e. The van der Waals surface area contributed by atoms with Gasteiger partial charge in [0, 0.05) is 16.4 Å². The fourth-order valence-corrected chi connectivity index (χ4v) is 4.18. The van der Waals surface area contributed by atoms with Crippen LogP contribution >= 0.6 is 11.3 Å². The van der Waals surface area contributed by atoms with Crippen molar-refractivity contribution in [1.29, 1.82) is 0 Å². The fraction of sp³-hybridized carbons (Fsp3) is 0.607. The minimum Gasteiger partial charge on any atom is -0.444 e. The van der Waals surface area contributed by atoms with Gasteiger partial charge < -0.3 is 20.1 Å². The molecule has 2 amide bonds. The zero-order chi connectivity index (χ0) is 27.2. The SMILES string of the molecule is CC.CC(C)(C)OC(=O)NCC(=O)Nc1nc(-c2ccccc2)cs1.CCC(C)CC1(CC)COC1. The van der Waals surface area contributed by atoms with Crippen LogP contribution in [0.5, 0.6) is 0 Å². The van der Waals surface area contributed by atoms with Crippen LogP contribution in [0.15, 0.2) is 35.7 Å². The number of anilines is 1. The third kappa shape index (κ3) is 11.5. The van der Waals surface area contributed by atoms with E-state index < -0.39 is 11.7 Å². The number of hydrogen-bond donors (Lipinski definition) is 2. The summed E-state index contributed by atoms with van der Waals surface area (Å²) in [4.78, 5) is 27.6. The van der Waals surface area contributed by atoms with Crippen molar-refractivity contribution in [3.05, 3.63) is 35.7 Å². The van der Waals surface area contributed by atoms with Crippen molar-refractivity contribution in [2.75, 3.05) is 25.1 Å². The van der Waals surface area contributed by atoms with Crippen molar-refractivity contribution >= 4 is 28.5 Å². The zero-order valence-electron chi connectivity index (χ0n) is 23.3. The summed E-state index contributed by atoms with van der Waals surface area (Å²) < 4.78 is 10.3. The maximum absolute atomic E-state index is 11.8. The molecule has 1 aromatic heterocycles. The van der Waals surface area contributed by atoms with Gasteiger partial charge in [-0.1, -0.05) is 71.4 Å². The summed E-state index contributed by atoms with van der Waals surface area (Å²) in [5.74, 6) is 0.517. The van der Waals surface area contributed by atoms with Crippen LogP contribution in [0.4, 0.5) is 9.93 Å². The first-order valence-electron chi connectivity index (χ1n) is 12.9. The Morgan fingerprint density at radius 1 is 1.17 bits per heavy atom. The fourth-order valence-electron chi connectivity index (χ4n) is 3.44. The predicted octanol–water partition coefficient (Wildman–Crippen LogP) is 7.15. The molecule has 3 rings (SSSR count). The van der Waals surface area contributed by atoms with Gasteiger partial charge >= 0.3 is 6.09 Å². The smallest absolute Gasteiger partial charge is 0.408 e. The number of nitrogens with one attached hydrogen (secondary N) is 2. The lowest BCUT2D eigenvalue weighted by atomic mass is 9.75. The van der Waals surface area contributed by atoms with Crippen LogP contribution in [0.2, 0.25) is 0 Å². The molecule has 36 heavy (non-hydrogen) atoms. The van der Waals surface area contributed by atoms with Crippen molar-refractivity contribution in [2.45, 2.75) is 80.3 Å². The number of thiazole rings is 1. The van der Waals surface area contributed by atoms with Gasteiger partial charge in [-0.3, -0.25) is 4.79 Å². The second kappa shape index (κ2) is 15.6. The van der Waals surface area contributed by atoms with Crippen LogP contribution in [-0.2, 0) is 14.3 Å². The molecule has 2 heterocycles. The Labute approximate surface area is 221 Å². The molecule has 1 atom stereocenters. The van der Waals surface area contributed by atoms with Gasteiger partial charge in [0.05, 0.1) is 18.9 Å². The summed E-state index contributed by atoms with van der Waals surface area (Å²) in [7, 11) is 0. The molecule has 1 aliphatic rings. The predicted molar refractivity (Wildman–Crippen MR) is 149 cm³/mol. The van der Waals surface area contributed by atoms with Gasteiger partial charge in [-0.2, -0.15) is 0 Å². The average Bonchev–Trinajstić information content (AvgIpc) is 3.29. The van der Waals surface area contributed by atoms with E-state index in [2.05, 4.69) is 36.4 Å². The Morgan fingerprint density at radius 2 is 1.81 bits per heavy atom. The van der Waals surface area contributed by atoms with E-state index in [-0.39, 0.29) is 12.5 Å². The molecule has 2 aromatic rings. The topological polar surface area (TPSA) is 89.5 Å². The van der Waals surface area contributed by atoms with E-state index in [9.17, 15) is 9.59 Å². The number of carbonyl (C=O) groups excluding carboxylic acids is 2.